The quantitative estimate of drug-likeness (QED) is 0.726. The molecule has 3 nitrogen and oxygen atoms in total. The molecule has 3 aliphatic rings. The Labute approximate surface area is 110 Å². The van der Waals surface area contributed by atoms with Crippen molar-refractivity contribution >= 4 is 10.1 Å². The number of rotatable bonds is 2. The van der Waals surface area contributed by atoms with Crippen molar-refractivity contribution in [3.63, 3.8) is 0 Å². The van der Waals surface area contributed by atoms with Crippen molar-refractivity contribution in [2.75, 3.05) is 0 Å². The summed E-state index contributed by atoms with van der Waals surface area (Å²) in [5, 5.41) is -0.234. The van der Waals surface area contributed by atoms with Crippen LogP contribution >= 0.6 is 0 Å². The van der Waals surface area contributed by atoms with E-state index in [1.165, 1.54) is 0 Å². The van der Waals surface area contributed by atoms with Crippen LogP contribution in [0, 0.1) is 35.0 Å². The number of hydrogen-bond acceptors (Lipinski definition) is 3. The zero-order chi connectivity index (χ0) is 13.5. The minimum Gasteiger partial charge on any atom is -0.266 e. The van der Waals surface area contributed by atoms with Gasteiger partial charge in [-0.25, -0.2) is 0 Å². The first-order valence-electron chi connectivity index (χ1n) is 7.12. The fraction of sp³-hybridized carbons (Fsp3) is 1.00. The molecule has 0 aromatic rings. The van der Waals surface area contributed by atoms with Gasteiger partial charge in [0.15, 0.2) is 0 Å². The van der Waals surface area contributed by atoms with Crippen molar-refractivity contribution in [2.45, 2.75) is 52.4 Å². The van der Waals surface area contributed by atoms with Crippen LogP contribution in [0.5, 0.6) is 0 Å². The van der Waals surface area contributed by atoms with E-state index in [1.54, 1.807) is 0 Å². The molecular weight excluding hydrogens is 248 g/mol. The molecule has 2 aliphatic carbocycles. The van der Waals surface area contributed by atoms with Gasteiger partial charge in [-0.05, 0) is 35.5 Å². The van der Waals surface area contributed by atoms with Gasteiger partial charge in [-0.15, -0.1) is 0 Å². The molecule has 0 aromatic heterocycles. The van der Waals surface area contributed by atoms with Crippen molar-refractivity contribution < 1.29 is 12.6 Å². The first-order chi connectivity index (χ1) is 8.20. The summed E-state index contributed by atoms with van der Waals surface area (Å²) in [6.45, 7) is 11.0. The lowest BCUT2D eigenvalue weighted by atomic mass is 9.61. The Bertz CT molecular complexity index is 467. The van der Waals surface area contributed by atoms with E-state index < -0.39 is 10.1 Å². The van der Waals surface area contributed by atoms with Crippen LogP contribution in [0.1, 0.15) is 41.0 Å². The zero-order valence-electron chi connectivity index (χ0n) is 11.9. The lowest BCUT2D eigenvalue weighted by Gasteiger charge is -2.44. The van der Waals surface area contributed by atoms with Gasteiger partial charge < -0.3 is 0 Å². The monoisotopic (exact) mass is 272 g/mol. The summed E-state index contributed by atoms with van der Waals surface area (Å²) in [6.07, 6.45) is 0.993. The van der Waals surface area contributed by atoms with Crippen molar-refractivity contribution in [3.05, 3.63) is 0 Å². The van der Waals surface area contributed by atoms with Gasteiger partial charge in [0.2, 0.25) is 0 Å². The lowest BCUT2D eigenvalue weighted by molar-refractivity contribution is 0.00846. The van der Waals surface area contributed by atoms with Crippen molar-refractivity contribution in [2.24, 2.45) is 35.0 Å². The fourth-order valence-electron chi connectivity index (χ4n) is 5.73. The van der Waals surface area contributed by atoms with Crippen LogP contribution in [-0.2, 0) is 14.3 Å². The first kappa shape index (κ1) is 12.9. The van der Waals surface area contributed by atoms with Gasteiger partial charge in [-0.3, -0.25) is 4.18 Å². The van der Waals surface area contributed by atoms with Crippen LogP contribution in [0.3, 0.4) is 0 Å². The summed E-state index contributed by atoms with van der Waals surface area (Å²) >= 11 is 0. The highest BCUT2D eigenvalue weighted by molar-refractivity contribution is 7.87. The molecule has 6 atom stereocenters. The first-order valence-corrected chi connectivity index (χ1v) is 8.59. The van der Waals surface area contributed by atoms with Crippen molar-refractivity contribution in [1.29, 1.82) is 0 Å². The standard InChI is InChI=1S/C14H24O3S/c1-7(2)10-12-9-6-14(10,5)11(8(3)4)13(9)18(15,16)17-12/h7-13H,6H2,1-5H3. The highest BCUT2D eigenvalue weighted by Crippen LogP contribution is 2.69. The Morgan fingerprint density at radius 1 is 1.11 bits per heavy atom. The van der Waals surface area contributed by atoms with E-state index in [0.717, 1.165) is 6.42 Å². The fourth-order valence-corrected chi connectivity index (χ4v) is 8.09. The Morgan fingerprint density at radius 3 is 2.17 bits per heavy atom. The second-order valence-electron chi connectivity index (χ2n) is 7.43. The summed E-state index contributed by atoms with van der Waals surface area (Å²) in [4.78, 5) is 0. The molecule has 3 fully saturated rings. The van der Waals surface area contributed by atoms with E-state index in [4.69, 9.17) is 4.18 Å². The highest BCUT2D eigenvalue weighted by atomic mass is 32.2. The van der Waals surface area contributed by atoms with E-state index in [-0.39, 0.29) is 28.6 Å². The molecular formula is C14H24O3S. The molecule has 1 saturated heterocycles. The van der Waals surface area contributed by atoms with Gasteiger partial charge in [0.05, 0.1) is 11.4 Å². The average Bonchev–Trinajstić information content (AvgIpc) is 2.68. The minimum atomic E-state index is -3.33. The van der Waals surface area contributed by atoms with Gasteiger partial charge in [0, 0.05) is 5.92 Å². The number of hydrogen-bond donors (Lipinski definition) is 0. The van der Waals surface area contributed by atoms with Crippen LogP contribution in [-0.4, -0.2) is 19.8 Å². The summed E-state index contributed by atoms with van der Waals surface area (Å²) in [5.74, 6) is 1.80. The topological polar surface area (TPSA) is 43.4 Å². The Morgan fingerprint density at radius 2 is 1.67 bits per heavy atom. The molecule has 0 radical (unpaired) electrons. The summed E-state index contributed by atoms with van der Waals surface area (Å²) in [6, 6.07) is 0. The third-order valence-electron chi connectivity index (χ3n) is 5.77. The second kappa shape index (κ2) is 3.51. The molecule has 4 heteroatoms. The van der Waals surface area contributed by atoms with Crippen LogP contribution in [0.2, 0.25) is 0 Å². The second-order valence-corrected chi connectivity index (χ2v) is 9.15. The minimum absolute atomic E-state index is 0.0417. The predicted molar refractivity (Wildman–Crippen MR) is 70.5 cm³/mol. The van der Waals surface area contributed by atoms with Crippen LogP contribution in [0.4, 0.5) is 0 Å². The van der Waals surface area contributed by atoms with Crippen molar-refractivity contribution in [3.8, 4) is 0 Å². The van der Waals surface area contributed by atoms with E-state index in [1.807, 2.05) is 0 Å². The van der Waals surface area contributed by atoms with Gasteiger partial charge in [0.1, 0.15) is 0 Å². The summed E-state index contributed by atoms with van der Waals surface area (Å²) in [5.41, 5.74) is 0.145. The molecule has 2 saturated carbocycles. The van der Waals surface area contributed by atoms with E-state index >= 15 is 0 Å². The molecule has 0 aromatic carbocycles. The number of fused-ring (bicyclic) bond motifs is 1. The molecule has 0 N–H and O–H groups in total. The molecule has 1 heterocycles. The average molecular weight is 272 g/mol. The maximum atomic E-state index is 12.3. The molecule has 0 spiro atoms. The van der Waals surface area contributed by atoms with E-state index in [0.29, 0.717) is 17.8 Å². The lowest BCUT2D eigenvalue weighted by Crippen LogP contribution is -2.46. The molecule has 18 heavy (non-hydrogen) atoms. The zero-order valence-corrected chi connectivity index (χ0v) is 12.7. The molecule has 104 valence electrons. The molecule has 6 unspecified atom stereocenters. The largest absolute Gasteiger partial charge is 0.271 e. The van der Waals surface area contributed by atoms with Gasteiger partial charge in [-0.1, -0.05) is 34.6 Å². The summed E-state index contributed by atoms with van der Waals surface area (Å²) < 4.78 is 30.1. The smallest absolute Gasteiger partial charge is 0.266 e. The van der Waals surface area contributed by atoms with Gasteiger partial charge in [-0.2, -0.15) is 8.42 Å². The van der Waals surface area contributed by atoms with Crippen molar-refractivity contribution in [1.82, 2.24) is 0 Å². The molecule has 3 rings (SSSR count). The molecule has 0 amide bonds. The predicted octanol–water partition coefficient (Wildman–Crippen LogP) is 2.67. The Hall–Kier alpha value is -0.0900. The molecule has 1 aliphatic heterocycles. The third-order valence-corrected chi connectivity index (χ3v) is 7.57. The highest BCUT2D eigenvalue weighted by Gasteiger charge is 2.73. The van der Waals surface area contributed by atoms with Gasteiger partial charge >= 0.3 is 0 Å². The van der Waals surface area contributed by atoms with E-state index in [9.17, 15) is 8.42 Å². The third kappa shape index (κ3) is 1.31. The molecule has 2 bridgehead atoms. The Kier molecular flexibility index (Phi) is 2.52. The maximum Gasteiger partial charge on any atom is 0.271 e. The summed E-state index contributed by atoms with van der Waals surface area (Å²) in [7, 11) is -3.33. The van der Waals surface area contributed by atoms with Crippen LogP contribution in [0.15, 0.2) is 0 Å². The van der Waals surface area contributed by atoms with Crippen LogP contribution in [0.25, 0.3) is 0 Å². The Balaban J connectivity index is 2.14. The SMILES string of the molecule is CC(C)C1C2OS(=O)(=O)C3C2CC1(C)C3C(C)C. The van der Waals surface area contributed by atoms with Crippen LogP contribution < -0.4 is 0 Å². The maximum absolute atomic E-state index is 12.3. The van der Waals surface area contributed by atoms with Gasteiger partial charge in [0.25, 0.3) is 10.1 Å². The van der Waals surface area contributed by atoms with E-state index in [2.05, 4.69) is 34.6 Å². The normalized spacial score (nSPS) is 52.7.